The van der Waals surface area contributed by atoms with Gasteiger partial charge in [-0.05, 0) is 49.1 Å². The van der Waals surface area contributed by atoms with Crippen LogP contribution in [-0.4, -0.2) is 23.1 Å². The Morgan fingerprint density at radius 2 is 1.86 bits per heavy atom. The predicted molar refractivity (Wildman–Crippen MR) is 136 cm³/mol. The highest BCUT2D eigenvalue weighted by Gasteiger charge is 2.27. The van der Waals surface area contributed by atoms with E-state index in [2.05, 4.69) is 17.4 Å². The number of amides is 1. The van der Waals surface area contributed by atoms with E-state index in [0.29, 0.717) is 22.8 Å². The van der Waals surface area contributed by atoms with Crippen LogP contribution in [0.5, 0.6) is 5.75 Å². The number of rotatable bonds is 7. The first kappa shape index (κ1) is 23.6. The number of aromatic carboxylic acids is 1. The molecule has 1 aliphatic heterocycles. The van der Waals surface area contributed by atoms with E-state index in [1.165, 1.54) is 23.8 Å². The van der Waals surface area contributed by atoms with Crippen molar-refractivity contribution >= 4 is 40.1 Å². The van der Waals surface area contributed by atoms with Gasteiger partial charge < -0.3 is 19.6 Å². The Hall–Kier alpha value is -4.10. The Labute approximate surface area is 211 Å². The molecule has 0 fully saturated rings. The number of fused-ring (bicyclic) bond motifs is 2. The van der Waals surface area contributed by atoms with Gasteiger partial charge in [-0.25, -0.2) is 4.79 Å². The van der Waals surface area contributed by atoms with E-state index in [1.807, 2.05) is 18.2 Å². The summed E-state index contributed by atoms with van der Waals surface area (Å²) >= 11 is 6.46. The molecular weight excluding hydrogens is 482 g/mol. The molecule has 36 heavy (non-hydrogen) atoms. The summed E-state index contributed by atoms with van der Waals surface area (Å²) in [5, 5.41) is 12.5. The molecule has 182 valence electrons. The van der Waals surface area contributed by atoms with E-state index in [1.54, 1.807) is 12.1 Å². The molecule has 0 aliphatic carbocycles. The largest absolute Gasteiger partial charge is 0.488 e. The van der Waals surface area contributed by atoms with E-state index in [4.69, 9.17) is 20.8 Å². The summed E-state index contributed by atoms with van der Waals surface area (Å²) in [5.74, 6) is -1.76. The second-order valence-electron chi connectivity index (χ2n) is 8.68. The maximum Gasteiger partial charge on any atom is 0.371 e. The Morgan fingerprint density at radius 3 is 2.64 bits per heavy atom. The summed E-state index contributed by atoms with van der Waals surface area (Å²) in [6.45, 7) is 0. The van der Waals surface area contributed by atoms with Gasteiger partial charge in [-0.1, -0.05) is 48.0 Å². The lowest BCUT2D eigenvalue weighted by molar-refractivity contribution is 0.0663. The molecule has 2 heterocycles. The molecule has 1 atom stereocenters. The highest BCUT2D eigenvalue weighted by Crippen LogP contribution is 2.38. The maximum atomic E-state index is 13.1. The quantitative estimate of drug-likeness (QED) is 0.334. The number of carbonyl (C=O) groups is 2. The minimum absolute atomic E-state index is 0.00943. The van der Waals surface area contributed by atoms with E-state index < -0.39 is 23.1 Å². The summed E-state index contributed by atoms with van der Waals surface area (Å²) in [4.78, 5) is 36.7. The first-order chi connectivity index (χ1) is 17.4. The van der Waals surface area contributed by atoms with Crippen LogP contribution in [-0.2, 0) is 12.8 Å². The van der Waals surface area contributed by atoms with E-state index >= 15 is 0 Å². The Kier molecular flexibility index (Phi) is 6.48. The maximum absolute atomic E-state index is 13.1. The number of aryl methyl sites for hydroxylation is 1. The molecule has 4 aromatic rings. The number of hydrogen-bond acceptors (Lipinski definition) is 5. The number of halogens is 1. The average Bonchev–Trinajstić information content (AvgIpc) is 3.28. The number of nitrogens with one attached hydrogen (secondary N) is 1. The van der Waals surface area contributed by atoms with E-state index in [0.717, 1.165) is 30.9 Å². The second-order valence-corrected chi connectivity index (χ2v) is 9.09. The van der Waals surface area contributed by atoms with Crippen LogP contribution >= 0.6 is 11.6 Å². The number of carboxylic acid groups (broad SMARTS) is 1. The van der Waals surface area contributed by atoms with E-state index in [-0.39, 0.29) is 22.8 Å². The van der Waals surface area contributed by atoms with Gasteiger partial charge in [-0.15, -0.1) is 0 Å². The molecule has 0 bridgehead atoms. The van der Waals surface area contributed by atoms with Gasteiger partial charge in [0.25, 0.3) is 5.91 Å². The molecule has 0 radical (unpaired) electrons. The van der Waals surface area contributed by atoms with Crippen LogP contribution < -0.4 is 15.5 Å². The standard InChI is InChI=1S/C28H22ClNO6/c29-21-14-18(12-17-13-19(35-25(17)21)9-4-8-16-6-2-1-3-7-16)27(32)30-22-11-5-10-20-23(31)15-24(28(33)34)36-26(20)22/h1-3,5-7,10-12,14-15,19H,4,8-9,13H2,(H,30,32)(H,33,34). The first-order valence-corrected chi connectivity index (χ1v) is 11.9. The third-order valence-electron chi connectivity index (χ3n) is 6.16. The van der Waals surface area contributed by atoms with Crippen LogP contribution in [0.2, 0.25) is 5.02 Å². The molecule has 1 amide bonds. The smallest absolute Gasteiger partial charge is 0.371 e. The zero-order valence-electron chi connectivity index (χ0n) is 19.1. The van der Waals surface area contributed by atoms with Crippen molar-refractivity contribution in [2.45, 2.75) is 31.8 Å². The van der Waals surface area contributed by atoms with Crippen LogP contribution in [0.1, 0.15) is 44.9 Å². The molecule has 5 rings (SSSR count). The first-order valence-electron chi connectivity index (χ1n) is 11.5. The van der Waals surface area contributed by atoms with Crippen molar-refractivity contribution in [3.05, 3.63) is 104 Å². The molecule has 0 spiro atoms. The highest BCUT2D eigenvalue weighted by atomic mass is 35.5. The summed E-state index contributed by atoms with van der Waals surface area (Å²) < 4.78 is 11.5. The molecule has 0 saturated carbocycles. The average molecular weight is 504 g/mol. The third-order valence-corrected chi connectivity index (χ3v) is 6.44. The minimum atomic E-state index is -1.38. The van der Waals surface area contributed by atoms with Gasteiger partial charge in [-0.3, -0.25) is 9.59 Å². The van der Waals surface area contributed by atoms with Crippen molar-refractivity contribution in [3.8, 4) is 5.75 Å². The van der Waals surface area contributed by atoms with Crippen molar-refractivity contribution in [1.29, 1.82) is 0 Å². The lowest BCUT2D eigenvalue weighted by Gasteiger charge is -2.11. The molecule has 8 heteroatoms. The van der Waals surface area contributed by atoms with Gasteiger partial charge in [0, 0.05) is 23.6 Å². The normalized spacial score (nSPS) is 14.3. The lowest BCUT2D eigenvalue weighted by Crippen LogP contribution is -2.14. The Morgan fingerprint density at radius 1 is 1.06 bits per heavy atom. The van der Waals surface area contributed by atoms with Gasteiger partial charge in [-0.2, -0.15) is 0 Å². The number of carboxylic acids is 1. The summed E-state index contributed by atoms with van der Waals surface area (Å²) in [6, 6.07) is 19.1. The van der Waals surface area contributed by atoms with Crippen LogP contribution in [0, 0.1) is 0 Å². The van der Waals surface area contributed by atoms with Gasteiger partial charge in [0.15, 0.2) is 11.0 Å². The molecular formula is C28H22ClNO6. The monoisotopic (exact) mass is 503 g/mol. The van der Waals surface area contributed by atoms with Crippen molar-refractivity contribution in [3.63, 3.8) is 0 Å². The highest BCUT2D eigenvalue weighted by molar-refractivity contribution is 6.32. The van der Waals surface area contributed by atoms with Gasteiger partial charge in [0.2, 0.25) is 5.76 Å². The molecule has 2 N–H and O–H groups in total. The number of ether oxygens (including phenoxy) is 1. The second kappa shape index (κ2) is 9.87. The van der Waals surface area contributed by atoms with Crippen molar-refractivity contribution < 1.29 is 23.8 Å². The van der Waals surface area contributed by atoms with Crippen LogP contribution in [0.4, 0.5) is 5.69 Å². The number of hydrogen-bond donors (Lipinski definition) is 2. The van der Waals surface area contributed by atoms with E-state index in [9.17, 15) is 19.5 Å². The van der Waals surface area contributed by atoms with Crippen molar-refractivity contribution in [2.75, 3.05) is 5.32 Å². The summed E-state index contributed by atoms with van der Waals surface area (Å²) in [5.41, 5.74) is 2.12. The van der Waals surface area contributed by atoms with Crippen LogP contribution in [0.15, 0.2) is 75.9 Å². The van der Waals surface area contributed by atoms with Gasteiger partial charge in [0.05, 0.1) is 16.1 Å². The number of benzene rings is 3. The lowest BCUT2D eigenvalue weighted by atomic mass is 10.0. The zero-order chi connectivity index (χ0) is 25.2. The van der Waals surface area contributed by atoms with Gasteiger partial charge in [0.1, 0.15) is 11.9 Å². The van der Waals surface area contributed by atoms with Crippen molar-refractivity contribution in [2.24, 2.45) is 0 Å². The fourth-order valence-electron chi connectivity index (χ4n) is 4.43. The minimum Gasteiger partial charge on any atom is -0.488 e. The molecule has 3 aromatic carbocycles. The number of para-hydroxylation sites is 1. The molecule has 7 nitrogen and oxygen atoms in total. The Balaban J connectivity index is 1.32. The summed E-state index contributed by atoms with van der Waals surface area (Å²) in [6.07, 6.45) is 3.43. The number of anilines is 1. The van der Waals surface area contributed by atoms with Crippen molar-refractivity contribution in [1.82, 2.24) is 0 Å². The third kappa shape index (κ3) is 4.83. The zero-order valence-corrected chi connectivity index (χ0v) is 19.9. The SMILES string of the molecule is O=C(Nc1cccc2c(=O)cc(C(=O)O)oc12)c1cc(Cl)c2c(c1)CC(CCCc1ccccc1)O2. The predicted octanol–water partition coefficient (Wildman–Crippen LogP) is 5.72. The fourth-order valence-corrected chi connectivity index (χ4v) is 4.72. The number of carbonyl (C=O) groups excluding carboxylic acids is 1. The van der Waals surface area contributed by atoms with Gasteiger partial charge >= 0.3 is 5.97 Å². The summed E-state index contributed by atoms with van der Waals surface area (Å²) in [7, 11) is 0. The molecule has 1 aromatic heterocycles. The molecule has 0 saturated heterocycles. The van der Waals surface area contributed by atoms with Crippen LogP contribution in [0.3, 0.4) is 0 Å². The Bertz CT molecular complexity index is 1530. The van der Waals surface area contributed by atoms with Crippen LogP contribution in [0.25, 0.3) is 11.0 Å². The molecule has 1 aliphatic rings. The fraction of sp³-hybridized carbons (Fsp3) is 0.179. The molecule has 1 unspecified atom stereocenters. The topological polar surface area (TPSA) is 106 Å².